The Morgan fingerprint density at radius 1 is 1.29 bits per heavy atom. The minimum absolute atomic E-state index is 0.246. The Hall–Kier alpha value is -0.570. The first-order valence-corrected chi connectivity index (χ1v) is 7.18. The molecule has 98 valence electrons. The maximum Gasteiger partial charge on any atom is 0.221 e. The second-order valence-electron chi connectivity index (χ2n) is 6.07. The van der Waals surface area contributed by atoms with Gasteiger partial charge in [-0.05, 0) is 50.5 Å². The summed E-state index contributed by atoms with van der Waals surface area (Å²) in [7, 11) is 0. The number of hydrogen-bond acceptors (Lipinski definition) is 2. The van der Waals surface area contributed by atoms with Crippen molar-refractivity contribution in [3.8, 4) is 0 Å². The van der Waals surface area contributed by atoms with E-state index in [0.717, 1.165) is 12.5 Å². The van der Waals surface area contributed by atoms with E-state index in [4.69, 9.17) is 0 Å². The van der Waals surface area contributed by atoms with Gasteiger partial charge in [0.2, 0.25) is 5.91 Å². The number of carbonyl (C=O) groups excluding carboxylic acids is 1. The molecule has 3 nitrogen and oxygen atoms in total. The van der Waals surface area contributed by atoms with Gasteiger partial charge in [0.15, 0.2) is 0 Å². The average molecular weight is 238 g/mol. The lowest BCUT2D eigenvalue weighted by molar-refractivity contribution is -0.122. The van der Waals surface area contributed by atoms with Crippen LogP contribution in [-0.2, 0) is 4.79 Å². The zero-order chi connectivity index (χ0) is 12.3. The minimum Gasteiger partial charge on any atom is -0.353 e. The number of carbonyl (C=O) groups is 1. The van der Waals surface area contributed by atoms with E-state index < -0.39 is 0 Å². The first-order valence-electron chi connectivity index (χ1n) is 7.18. The van der Waals surface area contributed by atoms with Crippen LogP contribution in [0, 0.1) is 11.8 Å². The molecule has 0 aromatic carbocycles. The van der Waals surface area contributed by atoms with Crippen LogP contribution in [0.5, 0.6) is 0 Å². The van der Waals surface area contributed by atoms with Crippen LogP contribution in [0.15, 0.2) is 0 Å². The van der Waals surface area contributed by atoms with Gasteiger partial charge in [-0.3, -0.25) is 4.79 Å². The molecule has 3 heteroatoms. The Kier molecular flexibility index (Phi) is 4.43. The summed E-state index contributed by atoms with van der Waals surface area (Å²) in [5, 5.41) is 6.67. The summed E-state index contributed by atoms with van der Waals surface area (Å²) in [4.78, 5) is 12.0. The molecule has 0 aromatic heterocycles. The molecule has 1 heterocycles. The van der Waals surface area contributed by atoms with Crippen molar-refractivity contribution >= 4 is 5.91 Å². The van der Waals surface area contributed by atoms with Crippen molar-refractivity contribution in [3.05, 3.63) is 0 Å². The predicted octanol–water partition coefficient (Wildman–Crippen LogP) is 2.07. The molecule has 0 spiro atoms. The molecule has 4 atom stereocenters. The smallest absolute Gasteiger partial charge is 0.221 e. The lowest BCUT2D eigenvalue weighted by Gasteiger charge is -2.30. The topological polar surface area (TPSA) is 41.1 Å². The van der Waals surface area contributed by atoms with Gasteiger partial charge >= 0.3 is 0 Å². The van der Waals surface area contributed by atoms with Crippen LogP contribution in [0.2, 0.25) is 0 Å². The molecule has 17 heavy (non-hydrogen) atoms. The molecule has 2 N–H and O–H groups in total. The molecule has 1 amide bonds. The van der Waals surface area contributed by atoms with Crippen molar-refractivity contribution < 1.29 is 4.79 Å². The Morgan fingerprint density at radius 3 is 2.76 bits per heavy atom. The van der Waals surface area contributed by atoms with Crippen molar-refractivity contribution in [2.24, 2.45) is 11.8 Å². The molecule has 0 bridgehead atoms. The highest BCUT2D eigenvalue weighted by molar-refractivity contribution is 5.77. The van der Waals surface area contributed by atoms with Gasteiger partial charge in [-0.1, -0.05) is 13.8 Å². The molecule has 1 aliphatic carbocycles. The van der Waals surface area contributed by atoms with E-state index in [1.807, 2.05) is 0 Å². The summed E-state index contributed by atoms with van der Waals surface area (Å²) < 4.78 is 0. The van der Waals surface area contributed by atoms with Gasteiger partial charge < -0.3 is 10.6 Å². The van der Waals surface area contributed by atoms with Gasteiger partial charge in [0.1, 0.15) is 0 Å². The summed E-state index contributed by atoms with van der Waals surface area (Å²) in [6, 6.07) is 0.832. The average Bonchev–Trinajstić information content (AvgIpc) is 2.67. The normalized spacial score (nSPS) is 38.0. The third-order valence-electron chi connectivity index (χ3n) is 4.39. The molecule has 0 radical (unpaired) electrons. The van der Waals surface area contributed by atoms with Crippen LogP contribution in [-0.4, -0.2) is 24.5 Å². The Labute approximate surface area is 105 Å². The van der Waals surface area contributed by atoms with Crippen LogP contribution in [0.3, 0.4) is 0 Å². The second kappa shape index (κ2) is 5.85. The number of amides is 1. The fraction of sp³-hybridized carbons (Fsp3) is 0.929. The van der Waals surface area contributed by atoms with Crippen LogP contribution in [0.4, 0.5) is 0 Å². The summed E-state index contributed by atoms with van der Waals surface area (Å²) in [5.74, 6) is 1.67. The molecule has 2 fully saturated rings. The summed E-state index contributed by atoms with van der Waals surface area (Å²) >= 11 is 0. The van der Waals surface area contributed by atoms with Crippen molar-refractivity contribution in [2.45, 2.75) is 64.5 Å². The van der Waals surface area contributed by atoms with E-state index in [0.29, 0.717) is 24.4 Å². The first-order chi connectivity index (χ1) is 8.15. The molecule has 0 aromatic rings. The zero-order valence-electron chi connectivity index (χ0n) is 11.2. The van der Waals surface area contributed by atoms with E-state index in [9.17, 15) is 4.79 Å². The molecule has 1 saturated carbocycles. The third kappa shape index (κ3) is 3.70. The molecule has 2 rings (SSSR count). The van der Waals surface area contributed by atoms with E-state index in [1.54, 1.807) is 0 Å². The fourth-order valence-electron chi connectivity index (χ4n) is 3.21. The summed E-state index contributed by atoms with van der Waals surface area (Å²) in [5.41, 5.74) is 0. The molecule has 1 saturated heterocycles. The lowest BCUT2D eigenvalue weighted by atomic mass is 9.90. The monoisotopic (exact) mass is 238 g/mol. The first kappa shape index (κ1) is 12.9. The molecular weight excluding hydrogens is 212 g/mol. The van der Waals surface area contributed by atoms with Crippen molar-refractivity contribution in [3.63, 3.8) is 0 Å². The van der Waals surface area contributed by atoms with Gasteiger partial charge in [0, 0.05) is 18.5 Å². The number of nitrogens with one attached hydrogen (secondary N) is 2. The molecular formula is C14H26N2O. The van der Waals surface area contributed by atoms with Gasteiger partial charge in [-0.25, -0.2) is 0 Å². The van der Waals surface area contributed by atoms with Crippen molar-refractivity contribution in [2.75, 3.05) is 6.54 Å². The van der Waals surface area contributed by atoms with Crippen molar-refractivity contribution in [1.82, 2.24) is 10.6 Å². The largest absolute Gasteiger partial charge is 0.353 e. The SMILES string of the molecule is CC1CCC(NC(=O)CC2NCCCC2C)C1. The highest BCUT2D eigenvalue weighted by Gasteiger charge is 2.26. The standard InChI is InChI=1S/C14H26N2O/c1-10-5-6-12(8-10)16-14(17)9-13-11(2)4-3-7-15-13/h10-13,15H,3-9H2,1-2H3,(H,16,17). The highest BCUT2D eigenvalue weighted by atomic mass is 16.1. The van der Waals surface area contributed by atoms with E-state index in [2.05, 4.69) is 24.5 Å². The number of piperidine rings is 1. The number of rotatable bonds is 3. The zero-order valence-corrected chi connectivity index (χ0v) is 11.2. The quantitative estimate of drug-likeness (QED) is 0.790. The van der Waals surface area contributed by atoms with Gasteiger partial charge in [-0.2, -0.15) is 0 Å². The maximum absolute atomic E-state index is 12.0. The molecule has 2 aliphatic rings. The van der Waals surface area contributed by atoms with Crippen LogP contribution >= 0.6 is 0 Å². The molecule has 4 unspecified atom stereocenters. The Bertz CT molecular complexity index is 267. The van der Waals surface area contributed by atoms with E-state index >= 15 is 0 Å². The third-order valence-corrected chi connectivity index (χ3v) is 4.39. The molecule has 1 aliphatic heterocycles. The second-order valence-corrected chi connectivity index (χ2v) is 6.07. The fourth-order valence-corrected chi connectivity index (χ4v) is 3.21. The minimum atomic E-state index is 0.246. The van der Waals surface area contributed by atoms with E-state index in [1.165, 1.54) is 32.1 Å². The Balaban J connectivity index is 1.73. The summed E-state index contributed by atoms with van der Waals surface area (Å²) in [6.45, 7) is 5.60. The number of hydrogen-bond donors (Lipinski definition) is 2. The van der Waals surface area contributed by atoms with Crippen LogP contribution in [0.1, 0.15) is 52.4 Å². The lowest BCUT2D eigenvalue weighted by Crippen LogP contribution is -2.44. The highest BCUT2D eigenvalue weighted by Crippen LogP contribution is 2.25. The van der Waals surface area contributed by atoms with Crippen LogP contribution in [0.25, 0.3) is 0 Å². The maximum atomic E-state index is 12.0. The van der Waals surface area contributed by atoms with Gasteiger partial charge in [-0.15, -0.1) is 0 Å². The van der Waals surface area contributed by atoms with Gasteiger partial charge in [0.05, 0.1) is 0 Å². The Morgan fingerprint density at radius 2 is 2.12 bits per heavy atom. The summed E-state index contributed by atoms with van der Waals surface area (Å²) in [6.07, 6.45) is 6.76. The predicted molar refractivity (Wildman–Crippen MR) is 69.8 cm³/mol. The van der Waals surface area contributed by atoms with Gasteiger partial charge in [0.25, 0.3) is 0 Å². The van der Waals surface area contributed by atoms with E-state index in [-0.39, 0.29) is 5.91 Å². The van der Waals surface area contributed by atoms with Crippen molar-refractivity contribution in [1.29, 1.82) is 0 Å². The van der Waals surface area contributed by atoms with Crippen LogP contribution < -0.4 is 10.6 Å².